The van der Waals surface area contributed by atoms with Crippen LogP contribution in [0.15, 0.2) is 18.4 Å². The van der Waals surface area contributed by atoms with E-state index < -0.39 is 0 Å². The Kier molecular flexibility index (Phi) is 2.69. The molecule has 0 aliphatic carbocycles. The molecular formula is C5H10B4N2. The Morgan fingerprint density at radius 1 is 1.55 bits per heavy atom. The van der Waals surface area contributed by atoms with Crippen molar-refractivity contribution in [2.24, 2.45) is 0 Å². The van der Waals surface area contributed by atoms with Gasteiger partial charge >= 0.3 is 0 Å². The molecule has 6 heteroatoms. The van der Waals surface area contributed by atoms with E-state index in [0.29, 0.717) is 6.49 Å². The number of nitrogens with zero attached hydrogens (tertiary/aromatic N) is 2. The van der Waals surface area contributed by atoms with Crippen molar-refractivity contribution >= 4 is 41.7 Å². The van der Waals surface area contributed by atoms with Crippen LogP contribution in [0.1, 0.15) is 0 Å². The topological polar surface area (TPSA) is 17.8 Å². The van der Waals surface area contributed by atoms with Gasteiger partial charge in [0.15, 0.2) is 7.85 Å². The second-order valence-electron chi connectivity index (χ2n) is 2.97. The molecule has 0 aliphatic heterocycles. The summed E-state index contributed by atoms with van der Waals surface area (Å²) in [6, 6.07) is 0. The molecule has 2 nitrogen and oxygen atoms in total. The van der Waals surface area contributed by atoms with Crippen LogP contribution >= 0.6 is 0 Å². The standard InChI is InChI=1S/C5H10B4N2/c6-5-10-2-4-11(5)3-1-9(7)8/h1-4H,6-8H2/b3-1-. The van der Waals surface area contributed by atoms with Crippen LogP contribution in [0, 0.1) is 0 Å². The van der Waals surface area contributed by atoms with Crippen molar-refractivity contribution in [1.29, 1.82) is 0 Å². The van der Waals surface area contributed by atoms with Crippen molar-refractivity contribution in [3.63, 3.8) is 0 Å². The van der Waals surface area contributed by atoms with E-state index in [4.69, 9.17) is 0 Å². The molecule has 0 aromatic carbocycles. The summed E-state index contributed by atoms with van der Waals surface area (Å²) in [5.41, 5.74) is 1.03. The minimum Gasteiger partial charge on any atom is -0.320 e. The fourth-order valence-electron chi connectivity index (χ4n) is 0.810. The minimum atomic E-state index is 0.594. The van der Waals surface area contributed by atoms with Crippen LogP contribution in [0.4, 0.5) is 0 Å². The first kappa shape index (κ1) is 8.31. The van der Waals surface area contributed by atoms with Gasteiger partial charge in [-0.25, -0.2) is 0 Å². The first-order valence-electron chi connectivity index (χ1n) is 3.88. The Balaban J connectivity index is 2.71. The maximum Gasteiger partial charge on any atom is 0.186 e. The van der Waals surface area contributed by atoms with E-state index >= 15 is 0 Å². The summed E-state index contributed by atoms with van der Waals surface area (Å²) in [5, 5.41) is 0. The third-order valence-electron chi connectivity index (χ3n) is 1.49. The summed E-state index contributed by atoms with van der Waals surface area (Å²) < 4.78 is 2.01. The van der Waals surface area contributed by atoms with E-state index in [0.717, 1.165) is 5.72 Å². The second-order valence-corrected chi connectivity index (χ2v) is 2.97. The fourth-order valence-corrected chi connectivity index (χ4v) is 0.810. The zero-order chi connectivity index (χ0) is 8.27. The lowest BCUT2D eigenvalue weighted by molar-refractivity contribution is 1.20. The molecule has 0 saturated carbocycles. The van der Waals surface area contributed by atoms with E-state index in [1.807, 2.05) is 24.8 Å². The van der Waals surface area contributed by atoms with Crippen LogP contribution in [0.2, 0.25) is 0 Å². The number of imidazole rings is 1. The molecule has 1 heterocycles. The predicted molar refractivity (Wildman–Crippen MR) is 58.6 cm³/mol. The van der Waals surface area contributed by atoms with Crippen LogP contribution in [-0.2, 0) is 0 Å². The van der Waals surface area contributed by atoms with Gasteiger partial charge in [0.2, 0.25) is 0 Å². The highest BCUT2D eigenvalue weighted by atomic mass is 15.0. The highest BCUT2D eigenvalue weighted by Gasteiger charge is 1.92. The molecule has 0 amide bonds. The summed E-state index contributed by atoms with van der Waals surface area (Å²) in [4.78, 5) is 4.11. The van der Waals surface area contributed by atoms with Crippen LogP contribution in [-0.4, -0.2) is 39.4 Å². The largest absolute Gasteiger partial charge is 0.320 e. The molecule has 0 radical (unpaired) electrons. The van der Waals surface area contributed by atoms with E-state index in [1.54, 1.807) is 6.20 Å². The van der Waals surface area contributed by atoms with Crippen LogP contribution in [0.3, 0.4) is 0 Å². The zero-order valence-corrected chi connectivity index (χ0v) is 7.28. The average molecular weight is 141 g/mol. The molecule has 0 N–H and O–H groups in total. The lowest BCUT2D eigenvalue weighted by Gasteiger charge is -1.95. The van der Waals surface area contributed by atoms with Crippen molar-refractivity contribution in [2.75, 3.05) is 0 Å². The highest BCUT2D eigenvalue weighted by molar-refractivity contribution is 7.31. The van der Waals surface area contributed by atoms with Crippen molar-refractivity contribution in [3.05, 3.63) is 18.4 Å². The normalized spacial score (nSPS) is 10.5. The minimum absolute atomic E-state index is 0.594. The zero-order valence-electron chi connectivity index (χ0n) is 7.28. The van der Waals surface area contributed by atoms with Crippen molar-refractivity contribution in [1.82, 2.24) is 9.55 Å². The van der Waals surface area contributed by atoms with Gasteiger partial charge in [-0.3, -0.25) is 4.98 Å². The van der Waals surface area contributed by atoms with Crippen LogP contribution in [0.5, 0.6) is 0 Å². The second kappa shape index (κ2) is 3.56. The lowest BCUT2D eigenvalue weighted by Crippen LogP contribution is -2.16. The van der Waals surface area contributed by atoms with Crippen molar-refractivity contribution in [2.45, 2.75) is 0 Å². The van der Waals surface area contributed by atoms with E-state index in [9.17, 15) is 0 Å². The molecule has 1 aromatic rings. The molecule has 0 bridgehead atoms. The summed E-state index contributed by atoms with van der Waals surface area (Å²) in [6.45, 7) is 0.594. The quantitative estimate of drug-likeness (QED) is 0.399. The maximum absolute atomic E-state index is 4.11. The van der Waals surface area contributed by atoms with Crippen LogP contribution in [0.25, 0.3) is 6.20 Å². The average Bonchev–Trinajstić information content (AvgIpc) is 2.31. The highest BCUT2D eigenvalue weighted by Crippen LogP contribution is 1.83. The van der Waals surface area contributed by atoms with Gasteiger partial charge < -0.3 is 4.57 Å². The van der Waals surface area contributed by atoms with Gasteiger partial charge in [-0.2, -0.15) is 0 Å². The van der Waals surface area contributed by atoms with E-state index in [1.165, 1.54) is 0 Å². The van der Waals surface area contributed by atoms with Crippen molar-refractivity contribution in [3.8, 4) is 0 Å². The molecule has 0 fully saturated rings. The Bertz CT molecular complexity index is 255. The third kappa shape index (κ3) is 2.37. The first-order chi connectivity index (χ1) is 5.20. The molecule has 0 unspecified atom stereocenters. The Labute approximate surface area is 70.4 Å². The molecular weight excluding hydrogens is 131 g/mol. The van der Waals surface area contributed by atoms with Crippen LogP contribution < -0.4 is 5.72 Å². The van der Waals surface area contributed by atoms with Gasteiger partial charge in [0, 0.05) is 12.4 Å². The lowest BCUT2D eigenvalue weighted by atomic mass is 9.20. The monoisotopic (exact) mass is 142 g/mol. The molecule has 0 aliphatic rings. The molecule has 0 saturated heterocycles. The van der Waals surface area contributed by atoms with E-state index in [2.05, 4.69) is 26.4 Å². The van der Waals surface area contributed by atoms with Gasteiger partial charge in [0.05, 0.1) is 27.7 Å². The third-order valence-corrected chi connectivity index (χ3v) is 1.49. The first-order valence-corrected chi connectivity index (χ1v) is 3.88. The number of hydrogen-bond acceptors (Lipinski definition) is 1. The van der Waals surface area contributed by atoms with Gasteiger partial charge in [-0.05, 0) is 6.20 Å². The van der Waals surface area contributed by atoms with Gasteiger partial charge in [0.1, 0.15) is 0 Å². The van der Waals surface area contributed by atoms with Gasteiger partial charge in [-0.15, -0.1) is 5.98 Å². The Morgan fingerprint density at radius 2 is 2.27 bits per heavy atom. The SMILES string of the molecule is BB(B)/C=C\n1ccnc1B. The summed E-state index contributed by atoms with van der Waals surface area (Å²) in [5.74, 6) is 2.15. The predicted octanol–water partition coefficient (Wildman–Crippen LogP) is -3.09. The summed E-state index contributed by atoms with van der Waals surface area (Å²) >= 11 is 0. The Morgan fingerprint density at radius 3 is 2.73 bits per heavy atom. The van der Waals surface area contributed by atoms with Crippen molar-refractivity contribution < 1.29 is 0 Å². The maximum atomic E-state index is 4.11. The number of aromatic nitrogens is 2. The van der Waals surface area contributed by atoms with Gasteiger partial charge in [0.25, 0.3) is 0 Å². The fraction of sp³-hybridized carbons (Fsp3) is 0. The molecule has 0 atom stereocenters. The summed E-state index contributed by atoms with van der Waals surface area (Å²) in [6.07, 6.45) is 5.81. The molecule has 1 rings (SSSR count). The number of hydrogen-bond donors (Lipinski definition) is 0. The molecule has 11 heavy (non-hydrogen) atoms. The van der Waals surface area contributed by atoms with Gasteiger partial charge in [-0.1, -0.05) is 0 Å². The molecule has 52 valence electrons. The molecule has 0 spiro atoms. The summed E-state index contributed by atoms with van der Waals surface area (Å²) in [7, 11) is 6.30. The Hall–Kier alpha value is -0.790. The smallest absolute Gasteiger partial charge is 0.186 e. The molecule has 1 aromatic heterocycles. The van der Waals surface area contributed by atoms with E-state index in [-0.39, 0.29) is 0 Å². The number of rotatable bonds is 2.